The lowest BCUT2D eigenvalue weighted by Crippen LogP contribution is -1.94. The summed E-state index contributed by atoms with van der Waals surface area (Å²) in [5, 5.41) is 9.59. The van der Waals surface area contributed by atoms with Crippen LogP contribution in [-0.2, 0) is 0 Å². The monoisotopic (exact) mass is 701 g/mol. The molecule has 0 saturated carbocycles. The molecule has 4 heteroatoms. The van der Waals surface area contributed by atoms with E-state index in [0.717, 1.165) is 49.6 Å². The van der Waals surface area contributed by atoms with Crippen LogP contribution in [0.15, 0.2) is 192 Å². The lowest BCUT2D eigenvalue weighted by Gasteiger charge is -2.12. The summed E-state index contributed by atoms with van der Waals surface area (Å²) < 4.78 is 11.0. The first-order valence-electron chi connectivity index (χ1n) is 18.7. The van der Waals surface area contributed by atoms with Crippen molar-refractivity contribution in [2.24, 2.45) is 0 Å². The summed E-state index contributed by atoms with van der Waals surface area (Å²) in [6, 6.07) is 67.4. The van der Waals surface area contributed by atoms with Gasteiger partial charge in [-0.2, -0.15) is 0 Å². The summed E-state index contributed by atoms with van der Waals surface area (Å²) in [7, 11) is 0. The Labute approximate surface area is 315 Å². The summed E-state index contributed by atoms with van der Waals surface area (Å²) in [5.41, 5.74) is 12.1. The van der Waals surface area contributed by atoms with Crippen LogP contribution in [0.5, 0.6) is 0 Å². The molecule has 3 aromatic heterocycles. The highest BCUT2D eigenvalue weighted by molar-refractivity contribution is 6.19. The van der Waals surface area contributed by atoms with Crippen LogP contribution in [0.3, 0.4) is 0 Å². The molecule has 0 N–H and O–H groups in total. The van der Waals surface area contributed by atoms with Gasteiger partial charge in [-0.1, -0.05) is 115 Å². The van der Waals surface area contributed by atoms with E-state index >= 15 is 0 Å². The molecule has 3 heterocycles. The molecule has 0 aliphatic carbocycles. The van der Waals surface area contributed by atoms with E-state index in [1.54, 1.807) is 0 Å². The van der Waals surface area contributed by atoms with E-state index in [0.29, 0.717) is 5.89 Å². The van der Waals surface area contributed by atoms with Crippen molar-refractivity contribution in [1.29, 1.82) is 0 Å². The molecule has 55 heavy (non-hydrogen) atoms. The van der Waals surface area contributed by atoms with Gasteiger partial charge >= 0.3 is 0 Å². The normalized spacial score (nSPS) is 12.0. The molecule has 0 atom stereocenters. The first-order valence-corrected chi connectivity index (χ1v) is 18.7. The fourth-order valence-corrected chi connectivity index (χ4v) is 8.80. The Morgan fingerprint density at radius 3 is 1.65 bits per heavy atom. The smallest absolute Gasteiger partial charge is 0.227 e. The third-order valence-corrected chi connectivity index (χ3v) is 11.3. The minimum Gasteiger partial charge on any atom is -0.436 e. The molecule has 0 bridgehead atoms. The molecule has 256 valence electrons. The summed E-state index contributed by atoms with van der Waals surface area (Å²) in [4.78, 5) is 5.02. The van der Waals surface area contributed by atoms with Crippen molar-refractivity contribution in [3.63, 3.8) is 0 Å². The van der Waals surface area contributed by atoms with Crippen LogP contribution in [0.1, 0.15) is 0 Å². The van der Waals surface area contributed by atoms with E-state index in [1.807, 2.05) is 36.4 Å². The maximum Gasteiger partial charge on any atom is 0.227 e. The number of nitrogens with zero attached hydrogens (tertiary/aromatic N) is 3. The Morgan fingerprint density at radius 2 is 0.927 bits per heavy atom. The number of benzene rings is 9. The van der Waals surface area contributed by atoms with E-state index in [9.17, 15) is 0 Å². The van der Waals surface area contributed by atoms with E-state index in [4.69, 9.17) is 9.40 Å². The molecule has 0 radical (unpaired) electrons. The molecule has 0 spiro atoms. The highest BCUT2D eigenvalue weighted by atomic mass is 16.3. The summed E-state index contributed by atoms with van der Waals surface area (Å²) in [6.07, 6.45) is 0. The Hall–Kier alpha value is -7.43. The average Bonchev–Trinajstić information content (AvgIpc) is 3.94. The standard InChI is InChI=1S/C51H31N3O/c1-2-10-34(11-3-1)51-52-50-48(55-51)29-23-33-18-19-36-30-38(26-27-39(36)49(33)50)54-46-17-9-6-14-42(46)43-31-35(22-28-47(43)54)32-20-24-37(25-21-32)53-44-15-7-4-12-40(44)41-13-5-8-16-45(41)53/h1-31H. The van der Waals surface area contributed by atoms with Gasteiger partial charge in [0.05, 0.1) is 22.1 Å². The van der Waals surface area contributed by atoms with Gasteiger partial charge in [0.25, 0.3) is 0 Å². The van der Waals surface area contributed by atoms with Crippen molar-refractivity contribution in [2.45, 2.75) is 0 Å². The van der Waals surface area contributed by atoms with E-state index in [-0.39, 0.29) is 0 Å². The van der Waals surface area contributed by atoms with Gasteiger partial charge in [-0.05, 0) is 100 Å². The van der Waals surface area contributed by atoms with E-state index < -0.39 is 0 Å². The quantitative estimate of drug-likeness (QED) is 0.171. The average molecular weight is 702 g/mol. The first kappa shape index (κ1) is 30.1. The van der Waals surface area contributed by atoms with Gasteiger partial charge in [0, 0.05) is 43.9 Å². The Balaban J connectivity index is 0.971. The van der Waals surface area contributed by atoms with Gasteiger partial charge in [0.15, 0.2) is 5.58 Å². The van der Waals surface area contributed by atoms with Gasteiger partial charge in [-0.3, -0.25) is 0 Å². The van der Waals surface area contributed by atoms with E-state index in [2.05, 4.69) is 161 Å². The third-order valence-electron chi connectivity index (χ3n) is 11.3. The van der Waals surface area contributed by atoms with Gasteiger partial charge in [0.1, 0.15) is 5.52 Å². The van der Waals surface area contributed by atoms with Gasteiger partial charge in [-0.15, -0.1) is 0 Å². The van der Waals surface area contributed by atoms with Crippen LogP contribution in [0.25, 0.3) is 110 Å². The Morgan fingerprint density at radius 1 is 0.364 bits per heavy atom. The Kier molecular flexibility index (Phi) is 6.31. The molecular weight excluding hydrogens is 671 g/mol. The number of rotatable bonds is 4. The van der Waals surface area contributed by atoms with Crippen molar-refractivity contribution < 1.29 is 4.42 Å². The topological polar surface area (TPSA) is 35.9 Å². The molecule has 0 fully saturated rings. The fraction of sp³-hybridized carbons (Fsp3) is 0. The zero-order valence-corrected chi connectivity index (χ0v) is 29.6. The van der Waals surface area contributed by atoms with Crippen molar-refractivity contribution in [3.8, 4) is 34.0 Å². The van der Waals surface area contributed by atoms with Crippen LogP contribution in [-0.4, -0.2) is 14.1 Å². The number of oxazole rings is 1. The minimum absolute atomic E-state index is 0.639. The van der Waals surface area contributed by atoms with Crippen LogP contribution >= 0.6 is 0 Å². The number of fused-ring (bicyclic) bond motifs is 11. The molecule has 9 aromatic carbocycles. The molecule has 4 nitrogen and oxygen atoms in total. The summed E-state index contributed by atoms with van der Waals surface area (Å²) in [6.45, 7) is 0. The van der Waals surface area contributed by atoms with Crippen LogP contribution in [0.2, 0.25) is 0 Å². The molecule has 0 amide bonds. The maximum absolute atomic E-state index is 6.27. The first-order chi connectivity index (χ1) is 27.3. The zero-order valence-electron chi connectivity index (χ0n) is 29.6. The zero-order chi connectivity index (χ0) is 36.0. The van der Waals surface area contributed by atoms with Crippen molar-refractivity contribution in [1.82, 2.24) is 14.1 Å². The Bertz CT molecular complexity index is 3420. The largest absolute Gasteiger partial charge is 0.436 e. The summed E-state index contributed by atoms with van der Waals surface area (Å²) in [5.74, 6) is 0.639. The second kappa shape index (κ2) is 11.5. The van der Waals surface area contributed by atoms with Crippen molar-refractivity contribution in [2.75, 3.05) is 0 Å². The molecule has 0 aliphatic rings. The second-order valence-corrected chi connectivity index (χ2v) is 14.4. The number of aromatic nitrogens is 3. The molecule has 12 rings (SSSR count). The highest BCUT2D eigenvalue weighted by Gasteiger charge is 2.17. The SMILES string of the molecule is c1ccc(-c2nc3c(ccc4ccc5cc(-n6c7ccccc7c7cc(-c8ccc(-n9c%10ccccc%10c%10ccccc%109)cc8)ccc76)ccc5c43)o2)cc1. The maximum atomic E-state index is 6.27. The molecule has 0 unspecified atom stereocenters. The van der Waals surface area contributed by atoms with Crippen molar-refractivity contribution in [3.05, 3.63) is 188 Å². The molecule has 0 saturated heterocycles. The lowest BCUT2D eigenvalue weighted by molar-refractivity contribution is 0.620. The van der Waals surface area contributed by atoms with Crippen LogP contribution in [0.4, 0.5) is 0 Å². The highest BCUT2D eigenvalue weighted by Crippen LogP contribution is 2.39. The number of para-hydroxylation sites is 3. The van der Waals surface area contributed by atoms with Crippen LogP contribution in [0, 0.1) is 0 Å². The minimum atomic E-state index is 0.639. The predicted octanol–water partition coefficient (Wildman–Crippen LogP) is 13.7. The van der Waals surface area contributed by atoms with Gasteiger partial charge < -0.3 is 13.6 Å². The third kappa shape index (κ3) is 4.49. The van der Waals surface area contributed by atoms with Gasteiger partial charge in [0.2, 0.25) is 5.89 Å². The van der Waals surface area contributed by atoms with Crippen LogP contribution < -0.4 is 0 Å². The van der Waals surface area contributed by atoms with E-state index in [1.165, 1.54) is 54.7 Å². The lowest BCUT2D eigenvalue weighted by atomic mass is 10.0. The number of hydrogen-bond acceptors (Lipinski definition) is 2. The molecule has 0 aliphatic heterocycles. The number of hydrogen-bond donors (Lipinski definition) is 0. The van der Waals surface area contributed by atoms with Crippen molar-refractivity contribution >= 4 is 76.3 Å². The molecular formula is C51H31N3O. The van der Waals surface area contributed by atoms with Gasteiger partial charge in [-0.25, -0.2) is 4.98 Å². The second-order valence-electron chi connectivity index (χ2n) is 14.4. The fourth-order valence-electron chi connectivity index (χ4n) is 8.80. The predicted molar refractivity (Wildman–Crippen MR) is 229 cm³/mol. The molecule has 12 aromatic rings. The summed E-state index contributed by atoms with van der Waals surface area (Å²) >= 11 is 0.